The van der Waals surface area contributed by atoms with E-state index in [-0.39, 0.29) is 42.2 Å². The molecule has 1 N–H and O–H groups in total. The lowest BCUT2D eigenvalue weighted by Gasteiger charge is -2.28. The molecule has 0 unspecified atom stereocenters. The molecule has 2 heterocycles. The van der Waals surface area contributed by atoms with Crippen molar-refractivity contribution in [3.63, 3.8) is 0 Å². The highest BCUT2D eigenvalue weighted by Gasteiger charge is 2.55. The maximum Gasteiger partial charge on any atom is 0.407 e. The van der Waals surface area contributed by atoms with Crippen molar-refractivity contribution in [2.75, 3.05) is 19.6 Å². The van der Waals surface area contributed by atoms with E-state index in [1.54, 1.807) is 30.6 Å². The average Bonchev–Trinajstić information content (AvgIpc) is 3.32. The van der Waals surface area contributed by atoms with Crippen LogP contribution in [-0.2, 0) is 20.7 Å². The first kappa shape index (κ1) is 26.8. The summed E-state index contributed by atoms with van der Waals surface area (Å²) < 4.78 is 46.8. The molecular formula is C26H31F3N4O4. The minimum Gasteiger partial charge on any atom is -0.444 e. The fraction of sp³-hybridized carbons (Fsp3) is 0.615. The van der Waals surface area contributed by atoms with Crippen molar-refractivity contribution in [3.05, 3.63) is 35.1 Å². The van der Waals surface area contributed by atoms with Crippen LogP contribution in [-0.4, -0.2) is 65.0 Å². The van der Waals surface area contributed by atoms with Gasteiger partial charge in [-0.25, -0.2) is 18.0 Å². The molecule has 0 bridgehead atoms. The number of carbonyl (C=O) groups is 3. The predicted molar refractivity (Wildman–Crippen MR) is 125 cm³/mol. The average molecular weight is 521 g/mol. The number of rotatable bonds is 6. The number of likely N-dealkylation sites (tertiary alicyclic amines) is 2. The zero-order chi connectivity index (χ0) is 27.1. The summed E-state index contributed by atoms with van der Waals surface area (Å²) in [4.78, 5) is 41.9. The van der Waals surface area contributed by atoms with Gasteiger partial charge in [-0.2, -0.15) is 5.26 Å². The van der Waals surface area contributed by atoms with Crippen LogP contribution in [0.5, 0.6) is 0 Å². The number of nitriles is 1. The number of benzene rings is 1. The fourth-order valence-corrected chi connectivity index (χ4v) is 5.20. The summed E-state index contributed by atoms with van der Waals surface area (Å²) in [6.07, 6.45) is 0.491. The molecule has 2 aliphatic heterocycles. The molecule has 200 valence electrons. The molecule has 3 amide bonds. The number of ether oxygens (including phenoxy) is 1. The third-order valence-electron chi connectivity index (χ3n) is 7.23. The van der Waals surface area contributed by atoms with E-state index >= 15 is 0 Å². The first-order chi connectivity index (χ1) is 17.3. The van der Waals surface area contributed by atoms with Gasteiger partial charge < -0.3 is 19.9 Å². The summed E-state index contributed by atoms with van der Waals surface area (Å²) in [5, 5.41) is 11.9. The Morgan fingerprint density at radius 2 is 1.84 bits per heavy atom. The molecule has 1 saturated carbocycles. The first-order valence-electron chi connectivity index (χ1n) is 12.4. The lowest BCUT2D eigenvalue weighted by atomic mass is 10.0. The molecule has 3 atom stereocenters. The van der Waals surface area contributed by atoms with Crippen LogP contribution < -0.4 is 5.32 Å². The molecule has 1 aliphatic carbocycles. The van der Waals surface area contributed by atoms with Gasteiger partial charge in [0.2, 0.25) is 11.8 Å². The Morgan fingerprint density at radius 1 is 1.16 bits per heavy atom. The third kappa shape index (κ3) is 5.84. The van der Waals surface area contributed by atoms with E-state index in [9.17, 15) is 32.8 Å². The van der Waals surface area contributed by atoms with E-state index in [4.69, 9.17) is 4.74 Å². The summed E-state index contributed by atoms with van der Waals surface area (Å²) in [5.74, 6) is -3.96. The minimum absolute atomic E-state index is 0.0864. The highest BCUT2D eigenvalue weighted by molar-refractivity contribution is 5.88. The number of alkyl carbamates (subject to hydrolysis) is 1. The van der Waals surface area contributed by atoms with Gasteiger partial charge >= 0.3 is 6.09 Å². The zero-order valence-electron chi connectivity index (χ0n) is 21.2. The van der Waals surface area contributed by atoms with E-state index < -0.39 is 40.6 Å². The number of hydrogen-bond acceptors (Lipinski definition) is 5. The smallest absolute Gasteiger partial charge is 0.407 e. The number of nitrogens with one attached hydrogen (secondary N) is 1. The number of fused-ring (bicyclic) bond motifs is 1. The van der Waals surface area contributed by atoms with Crippen LogP contribution in [0.25, 0.3) is 0 Å². The predicted octanol–water partition coefficient (Wildman–Crippen LogP) is 3.29. The van der Waals surface area contributed by atoms with Crippen molar-refractivity contribution >= 4 is 17.9 Å². The molecule has 0 aromatic heterocycles. The Hall–Kier alpha value is -3.29. The lowest BCUT2D eigenvalue weighted by molar-refractivity contribution is -0.136. The summed E-state index contributed by atoms with van der Waals surface area (Å²) in [6.45, 7) is 6.28. The van der Waals surface area contributed by atoms with Gasteiger partial charge in [-0.1, -0.05) is 0 Å². The van der Waals surface area contributed by atoms with Crippen molar-refractivity contribution < 1.29 is 32.3 Å². The number of nitrogens with zero attached hydrogens (tertiary/aromatic N) is 3. The van der Waals surface area contributed by atoms with Gasteiger partial charge in [-0.05, 0) is 58.1 Å². The lowest BCUT2D eigenvalue weighted by Crippen LogP contribution is -2.46. The van der Waals surface area contributed by atoms with Crippen LogP contribution in [0.3, 0.4) is 0 Å². The molecule has 1 aromatic rings. The standard InChI is InChI=1S/C26H31F3N4O4/c1-25(2,3)37-24(36)31-17(8-16-9-19(28)20(29)11-18(16)27)10-22(34)33-7-4-15-12-32(13-21(15)33)23(35)26(14-30)5-6-26/h9,11,15,17,21H,4-8,10,12-13H2,1-3H3,(H,31,36)/t15-,17+,21+/m0/s1. The summed E-state index contributed by atoms with van der Waals surface area (Å²) in [7, 11) is 0. The van der Waals surface area contributed by atoms with Crippen LogP contribution in [0.15, 0.2) is 12.1 Å². The third-order valence-corrected chi connectivity index (χ3v) is 7.23. The molecule has 1 aromatic carbocycles. The van der Waals surface area contributed by atoms with Crippen LogP contribution >= 0.6 is 0 Å². The molecule has 0 spiro atoms. The van der Waals surface area contributed by atoms with Gasteiger partial charge in [-0.15, -0.1) is 0 Å². The van der Waals surface area contributed by atoms with Crippen molar-refractivity contribution in [2.45, 2.75) is 70.6 Å². The van der Waals surface area contributed by atoms with Crippen molar-refractivity contribution in [1.29, 1.82) is 5.26 Å². The van der Waals surface area contributed by atoms with Gasteiger partial charge in [0.1, 0.15) is 16.8 Å². The highest BCUT2D eigenvalue weighted by Crippen LogP contribution is 2.48. The fourth-order valence-electron chi connectivity index (χ4n) is 5.20. The molecule has 2 saturated heterocycles. The summed E-state index contributed by atoms with van der Waals surface area (Å²) >= 11 is 0. The number of hydrogen-bond donors (Lipinski definition) is 1. The Labute approximate surface area is 213 Å². The second-order valence-corrected chi connectivity index (χ2v) is 11.2. The Bertz CT molecular complexity index is 1140. The van der Waals surface area contributed by atoms with Gasteiger partial charge in [0.25, 0.3) is 0 Å². The topological polar surface area (TPSA) is 103 Å². The maximum atomic E-state index is 14.4. The van der Waals surface area contributed by atoms with Gasteiger partial charge in [-0.3, -0.25) is 9.59 Å². The zero-order valence-corrected chi connectivity index (χ0v) is 21.2. The second kappa shape index (κ2) is 9.88. The number of carbonyl (C=O) groups excluding carboxylic acids is 3. The minimum atomic E-state index is -1.33. The molecule has 8 nitrogen and oxygen atoms in total. The number of amides is 3. The molecule has 3 fully saturated rings. The first-order valence-corrected chi connectivity index (χ1v) is 12.4. The highest BCUT2D eigenvalue weighted by atomic mass is 19.2. The van der Waals surface area contributed by atoms with E-state index in [2.05, 4.69) is 11.4 Å². The SMILES string of the molecule is CC(C)(C)OC(=O)N[C@@H](CC(=O)N1CC[C@H]2CN(C(=O)C3(C#N)CC3)C[C@H]21)Cc1cc(F)c(F)cc1F. The molecular weight excluding hydrogens is 489 g/mol. The van der Waals surface area contributed by atoms with E-state index in [0.717, 1.165) is 0 Å². The molecule has 3 aliphatic rings. The monoisotopic (exact) mass is 520 g/mol. The maximum absolute atomic E-state index is 14.4. The van der Waals surface area contributed by atoms with Crippen LogP contribution in [0.4, 0.5) is 18.0 Å². The van der Waals surface area contributed by atoms with Gasteiger partial charge in [0.15, 0.2) is 11.6 Å². The largest absolute Gasteiger partial charge is 0.444 e. The normalized spacial score (nSPS) is 22.7. The Kier molecular flexibility index (Phi) is 7.14. The van der Waals surface area contributed by atoms with Crippen LogP contribution in [0, 0.1) is 40.1 Å². The quantitative estimate of drug-likeness (QED) is 0.580. The molecule has 0 radical (unpaired) electrons. The Balaban J connectivity index is 1.46. The summed E-state index contributed by atoms with van der Waals surface area (Å²) in [6, 6.07) is 2.10. The summed E-state index contributed by atoms with van der Waals surface area (Å²) in [5.41, 5.74) is -1.93. The molecule has 4 rings (SSSR count). The van der Waals surface area contributed by atoms with Gasteiger partial charge in [0, 0.05) is 44.1 Å². The van der Waals surface area contributed by atoms with Gasteiger partial charge in [0.05, 0.1) is 12.1 Å². The van der Waals surface area contributed by atoms with Crippen molar-refractivity contribution in [2.24, 2.45) is 11.3 Å². The number of halogens is 3. The Morgan fingerprint density at radius 3 is 2.46 bits per heavy atom. The van der Waals surface area contributed by atoms with E-state index in [0.29, 0.717) is 51.0 Å². The molecule has 37 heavy (non-hydrogen) atoms. The van der Waals surface area contributed by atoms with Crippen LogP contribution in [0.1, 0.15) is 52.0 Å². The second-order valence-electron chi connectivity index (χ2n) is 11.2. The van der Waals surface area contributed by atoms with Crippen molar-refractivity contribution in [3.8, 4) is 6.07 Å². The van der Waals surface area contributed by atoms with Crippen molar-refractivity contribution in [1.82, 2.24) is 15.1 Å². The van der Waals surface area contributed by atoms with E-state index in [1.807, 2.05) is 0 Å². The van der Waals surface area contributed by atoms with E-state index in [1.165, 1.54) is 0 Å². The molecule has 11 heteroatoms. The van der Waals surface area contributed by atoms with Crippen LogP contribution in [0.2, 0.25) is 0 Å².